The molecule has 0 saturated carbocycles. The highest BCUT2D eigenvalue weighted by Gasteiger charge is 2.53. The molecule has 460 valence electrons. The lowest BCUT2D eigenvalue weighted by atomic mass is 9.96. The zero-order valence-corrected chi connectivity index (χ0v) is 47.8. The first kappa shape index (κ1) is 71.0. The van der Waals surface area contributed by atoms with E-state index in [4.69, 9.17) is 28.4 Å². The molecule has 0 radical (unpaired) electrons. The van der Waals surface area contributed by atoms with Gasteiger partial charge in [0.2, 0.25) is 5.91 Å². The van der Waals surface area contributed by atoms with Gasteiger partial charge in [0.15, 0.2) is 18.9 Å². The first-order chi connectivity index (χ1) is 38.3. The minimum atomic E-state index is -1.98. The number of nitrogens with one attached hydrogen (secondary N) is 1. The lowest BCUT2D eigenvalue weighted by molar-refractivity contribution is -0.379. The van der Waals surface area contributed by atoms with Crippen LogP contribution in [-0.4, -0.2) is 193 Å². The van der Waals surface area contributed by atoms with Gasteiger partial charge in [-0.25, -0.2) is 0 Å². The first-order valence-electron chi connectivity index (χ1n) is 30.4. The van der Waals surface area contributed by atoms with Gasteiger partial charge in [-0.3, -0.25) is 4.79 Å². The second-order valence-corrected chi connectivity index (χ2v) is 21.8. The lowest BCUT2D eigenvalue weighted by Crippen LogP contribution is -2.66. The van der Waals surface area contributed by atoms with Crippen molar-refractivity contribution in [1.29, 1.82) is 0 Å². The molecule has 0 aromatic carbocycles. The fourth-order valence-electron chi connectivity index (χ4n) is 10.0. The van der Waals surface area contributed by atoms with E-state index in [-0.39, 0.29) is 18.9 Å². The fourth-order valence-corrected chi connectivity index (χ4v) is 10.0. The highest BCUT2D eigenvalue weighted by atomic mass is 16.8. The Kier molecular flexibility index (Phi) is 39.0. The molecule has 79 heavy (non-hydrogen) atoms. The summed E-state index contributed by atoms with van der Waals surface area (Å²) in [4.78, 5) is 13.3. The van der Waals surface area contributed by atoms with Crippen molar-refractivity contribution < 1.29 is 89.4 Å². The third-order valence-electron chi connectivity index (χ3n) is 15.1. The molecule has 19 heteroatoms. The van der Waals surface area contributed by atoms with Crippen molar-refractivity contribution >= 4 is 5.91 Å². The Morgan fingerprint density at radius 1 is 0.443 bits per heavy atom. The molecule has 3 aliphatic rings. The summed E-state index contributed by atoms with van der Waals surface area (Å²) in [6.07, 6.45) is 20.9. The van der Waals surface area contributed by atoms with Crippen molar-refractivity contribution in [3.8, 4) is 0 Å². The second kappa shape index (κ2) is 43.4. The van der Waals surface area contributed by atoms with E-state index in [2.05, 4.69) is 55.6 Å². The van der Waals surface area contributed by atoms with Crippen LogP contribution in [0.3, 0.4) is 0 Å². The van der Waals surface area contributed by atoms with Crippen molar-refractivity contribution in [2.75, 3.05) is 26.4 Å². The van der Waals surface area contributed by atoms with Crippen molar-refractivity contribution in [1.82, 2.24) is 5.32 Å². The number of amides is 1. The zero-order chi connectivity index (χ0) is 57.6. The van der Waals surface area contributed by atoms with Crippen LogP contribution in [-0.2, 0) is 33.2 Å². The van der Waals surface area contributed by atoms with Crippen LogP contribution in [0.5, 0.6) is 0 Å². The molecule has 0 spiro atoms. The van der Waals surface area contributed by atoms with E-state index in [1.807, 2.05) is 6.08 Å². The number of rotatable bonds is 44. The summed E-state index contributed by atoms with van der Waals surface area (Å²) in [6, 6.07) is -0.998. The largest absolute Gasteiger partial charge is 0.394 e. The van der Waals surface area contributed by atoms with Crippen LogP contribution in [0, 0.1) is 0 Å². The molecule has 3 heterocycles. The molecule has 1 amide bonds. The molecule has 19 nitrogen and oxygen atoms in total. The number of unbranched alkanes of at least 4 members (excludes halogenated alkanes) is 22. The summed E-state index contributed by atoms with van der Waals surface area (Å²) in [7, 11) is 0. The summed E-state index contributed by atoms with van der Waals surface area (Å²) in [5.74, 6) is -0.296. The molecular weight excluding hydrogens is 1020 g/mol. The molecule has 17 unspecified atom stereocenters. The maximum Gasteiger partial charge on any atom is 0.220 e. The maximum atomic E-state index is 13.3. The summed E-state index contributed by atoms with van der Waals surface area (Å²) in [5.41, 5.74) is 0. The minimum absolute atomic E-state index is 0.226. The van der Waals surface area contributed by atoms with E-state index < -0.39 is 124 Å². The van der Waals surface area contributed by atoms with Gasteiger partial charge >= 0.3 is 0 Å². The summed E-state index contributed by atoms with van der Waals surface area (Å²) in [5, 5.41) is 120. The van der Waals surface area contributed by atoms with Crippen LogP contribution in [0.4, 0.5) is 0 Å². The van der Waals surface area contributed by atoms with E-state index >= 15 is 0 Å². The number of ether oxygens (including phenoxy) is 6. The summed E-state index contributed by atoms with van der Waals surface area (Å²) >= 11 is 0. The van der Waals surface area contributed by atoms with Gasteiger partial charge < -0.3 is 89.9 Å². The molecule has 0 aliphatic carbocycles. The molecular formula is C60H107NO18. The molecule has 3 fully saturated rings. The molecule has 3 saturated heterocycles. The van der Waals surface area contributed by atoms with Crippen molar-refractivity contribution in [2.24, 2.45) is 0 Å². The number of aliphatic hydroxyl groups excluding tert-OH is 11. The van der Waals surface area contributed by atoms with Gasteiger partial charge in [-0.05, 0) is 70.6 Å². The number of hydrogen-bond donors (Lipinski definition) is 12. The monoisotopic (exact) mass is 1130 g/mol. The Morgan fingerprint density at radius 2 is 0.810 bits per heavy atom. The Bertz CT molecular complexity index is 1630. The third-order valence-corrected chi connectivity index (χ3v) is 15.1. The van der Waals surface area contributed by atoms with E-state index in [0.29, 0.717) is 12.8 Å². The Balaban J connectivity index is 1.53. The molecule has 3 rings (SSSR count). The van der Waals surface area contributed by atoms with Crippen molar-refractivity contribution in [2.45, 2.75) is 298 Å². The Morgan fingerprint density at radius 3 is 1.27 bits per heavy atom. The van der Waals surface area contributed by atoms with Gasteiger partial charge in [0.05, 0.1) is 38.6 Å². The molecule has 17 atom stereocenters. The van der Waals surface area contributed by atoms with Gasteiger partial charge in [0.25, 0.3) is 0 Å². The molecule has 0 aromatic heterocycles. The lowest BCUT2D eigenvalue weighted by Gasteiger charge is -2.48. The van der Waals surface area contributed by atoms with Gasteiger partial charge in [-0.15, -0.1) is 0 Å². The van der Waals surface area contributed by atoms with Crippen LogP contribution >= 0.6 is 0 Å². The normalized spacial score (nSPS) is 30.6. The molecule has 12 N–H and O–H groups in total. The first-order valence-corrected chi connectivity index (χ1v) is 30.4. The molecule has 0 aromatic rings. The number of aliphatic hydroxyl groups is 11. The van der Waals surface area contributed by atoms with Gasteiger partial charge in [-0.1, -0.05) is 165 Å². The van der Waals surface area contributed by atoms with Crippen molar-refractivity contribution in [3.63, 3.8) is 0 Å². The second-order valence-electron chi connectivity index (χ2n) is 21.8. The van der Waals surface area contributed by atoms with E-state index in [9.17, 15) is 61.0 Å². The predicted molar refractivity (Wildman–Crippen MR) is 300 cm³/mol. The quantitative estimate of drug-likeness (QED) is 0.0265. The average Bonchev–Trinajstić information content (AvgIpc) is 3.54. The van der Waals surface area contributed by atoms with Crippen LogP contribution in [0.15, 0.2) is 48.6 Å². The SMILES string of the molecule is CCCCCCCC/C=C\CCCCCCCCCC(=O)NC(COC1OC(CO)C(OC2OC(CO)C(OC3OC(CO)C(O)C(O)C3O)C(O)C2O)C(O)C1O)C(O)/C=C/CC/C=C/CC/C=C/CCCCCCCCC. The van der Waals surface area contributed by atoms with Crippen molar-refractivity contribution in [3.05, 3.63) is 48.6 Å². The van der Waals surface area contributed by atoms with Crippen LogP contribution < -0.4 is 5.32 Å². The Hall–Kier alpha value is -2.25. The van der Waals surface area contributed by atoms with Crippen LogP contribution in [0.2, 0.25) is 0 Å². The van der Waals surface area contributed by atoms with E-state index in [1.165, 1.54) is 103 Å². The van der Waals surface area contributed by atoms with Gasteiger partial charge in [0, 0.05) is 6.42 Å². The standard InChI is InChI=1S/C60H107NO18/c1-3-5-7-9-11-13-15-17-19-21-23-25-27-29-31-33-35-37-44(65)43(61-48(66)38-36-34-32-30-28-26-24-22-20-18-16-14-12-10-8-6-4-2)42-74-58-54(72)51(69)56(46(40-63)76-58)79-60-55(73)52(70)57(47(41-64)77-60)78-59-53(71)50(68)49(67)45(39-62)75-59/h18-21,27,29,35,37,43-47,49-60,62-65,67-73H,3-17,22-26,28,30-34,36,38-42H2,1-2H3,(H,61,66)/b20-18-,21-19+,29-27+,37-35+. The predicted octanol–water partition coefficient (Wildman–Crippen LogP) is 5.48. The number of carbonyl (C=O) groups is 1. The summed E-state index contributed by atoms with van der Waals surface area (Å²) < 4.78 is 34.2. The smallest absolute Gasteiger partial charge is 0.220 e. The van der Waals surface area contributed by atoms with E-state index in [0.717, 1.165) is 57.8 Å². The summed E-state index contributed by atoms with van der Waals surface area (Å²) in [6.45, 7) is 1.67. The molecule has 0 bridgehead atoms. The number of carbonyl (C=O) groups excluding carboxylic acids is 1. The zero-order valence-electron chi connectivity index (χ0n) is 47.8. The van der Waals surface area contributed by atoms with E-state index in [1.54, 1.807) is 6.08 Å². The van der Waals surface area contributed by atoms with Gasteiger partial charge in [-0.2, -0.15) is 0 Å². The van der Waals surface area contributed by atoms with Crippen LogP contribution in [0.1, 0.15) is 194 Å². The fraction of sp³-hybridized carbons (Fsp3) is 0.850. The molecule has 3 aliphatic heterocycles. The average molecular weight is 1130 g/mol. The van der Waals surface area contributed by atoms with Crippen LogP contribution in [0.25, 0.3) is 0 Å². The minimum Gasteiger partial charge on any atom is -0.394 e. The number of allylic oxidation sites excluding steroid dienone is 7. The third kappa shape index (κ3) is 27.3. The topological polar surface area (TPSA) is 307 Å². The Labute approximate surface area is 472 Å². The van der Waals surface area contributed by atoms with Gasteiger partial charge in [0.1, 0.15) is 73.2 Å². The number of hydrogen-bond acceptors (Lipinski definition) is 18. The highest BCUT2D eigenvalue weighted by molar-refractivity contribution is 5.76. The highest BCUT2D eigenvalue weighted by Crippen LogP contribution is 2.33. The maximum absolute atomic E-state index is 13.3.